The number of nitrogens with two attached hydrogens (primary N) is 1. The van der Waals surface area contributed by atoms with E-state index in [-0.39, 0.29) is 18.2 Å². The molecule has 0 saturated heterocycles. The van der Waals surface area contributed by atoms with Gasteiger partial charge in [-0.2, -0.15) is 0 Å². The fourth-order valence-electron chi connectivity index (χ4n) is 1.59. The summed E-state index contributed by atoms with van der Waals surface area (Å²) in [6.07, 6.45) is -4.72. The van der Waals surface area contributed by atoms with Crippen LogP contribution in [0.4, 0.5) is 13.2 Å². The third-order valence-corrected chi connectivity index (χ3v) is 3.75. The Kier molecular flexibility index (Phi) is 5.88. The van der Waals surface area contributed by atoms with Crippen molar-refractivity contribution in [3.8, 4) is 5.75 Å². The molecule has 2 nitrogen and oxygen atoms in total. The standard InChI is InChI=1S/C12H9BrF3NOS.ClH/c13-8-4-7(11(17)10-2-1-3-19-10)5-9(6-8)18-12(14,15)16;/h1-6,11H,17H2;1H/t11-;/m0./s1. The van der Waals surface area contributed by atoms with E-state index in [0.717, 1.165) is 4.88 Å². The Morgan fingerprint density at radius 3 is 2.50 bits per heavy atom. The van der Waals surface area contributed by atoms with Crippen LogP contribution in [0.15, 0.2) is 40.2 Å². The summed E-state index contributed by atoms with van der Waals surface area (Å²) < 4.78 is 41.0. The van der Waals surface area contributed by atoms with Gasteiger partial charge in [-0.05, 0) is 35.2 Å². The Balaban J connectivity index is 0.00000200. The monoisotopic (exact) mass is 387 g/mol. The first-order valence-electron chi connectivity index (χ1n) is 5.20. The van der Waals surface area contributed by atoms with Gasteiger partial charge in [0.25, 0.3) is 0 Å². The topological polar surface area (TPSA) is 35.2 Å². The highest BCUT2D eigenvalue weighted by atomic mass is 79.9. The van der Waals surface area contributed by atoms with E-state index in [1.165, 1.54) is 23.5 Å². The smallest absolute Gasteiger partial charge is 0.406 e. The molecular formula is C12H10BrClF3NOS. The van der Waals surface area contributed by atoms with Gasteiger partial charge in [0.15, 0.2) is 0 Å². The molecule has 2 aromatic rings. The molecule has 1 atom stereocenters. The van der Waals surface area contributed by atoms with E-state index in [1.54, 1.807) is 6.07 Å². The molecule has 0 unspecified atom stereocenters. The molecule has 0 aliphatic carbocycles. The molecule has 20 heavy (non-hydrogen) atoms. The van der Waals surface area contributed by atoms with Crippen molar-refractivity contribution in [3.63, 3.8) is 0 Å². The van der Waals surface area contributed by atoms with E-state index in [0.29, 0.717) is 10.0 Å². The summed E-state index contributed by atoms with van der Waals surface area (Å²) in [4.78, 5) is 0.871. The largest absolute Gasteiger partial charge is 0.573 e. The van der Waals surface area contributed by atoms with E-state index in [2.05, 4.69) is 20.7 Å². The van der Waals surface area contributed by atoms with Gasteiger partial charge < -0.3 is 10.5 Å². The van der Waals surface area contributed by atoms with E-state index < -0.39 is 12.4 Å². The number of hydrogen-bond acceptors (Lipinski definition) is 3. The molecule has 0 amide bonds. The maximum Gasteiger partial charge on any atom is 0.573 e. The zero-order valence-electron chi connectivity index (χ0n) is 9.86. The van der Waals surface area contributed by atoms with Gasteiger partial charge in [-0.3, -0.25) is 0 Å². The number of rotatable bonds is 3. The first-order valence-corrected chi connectivity index (χ1v) is 6.87. The first-order chi connectivity index (χ1) is 8.85. The van der Waals surface area contributed by atoms with Crippen molar-refractivity contribution in [3.05, 3.63) is 50.6 Å². The minimum atomic E-state index is -4.72. The molecule has 2 rings (SSSR count). The molecule has 0 saturated carbocycles. The lowest BCUT2D eigenvalue weighted by atomic mass is 10.1. The Morgan fingerprint density at radius 2 is 1.95 bits per heavy atom. The SMILES string of the molecule is Cl.N[C@@H](c1cc(Br)cc(OC(F)(F)F)c1)c1cccs1. The molecule has 110 valence electrons. The molecule has 1 aromatic heterocycles. The van der Waals surface area contributed by atoms with Gasteiger partial charge in [0, 0.05) is 9.35 Å². The van der Waals surface area contributed by atoms with Gasteiger partial charge in [0.2, 0.25) is 0 Å². The van der Waals surface area contributed by atoms with Crippen LogP contribution in [-0.2, 0) is 0 Å². The Morgan fingerprint density at radius 1 is 1.25 bits per heavy atom. The zero-order valence-corrected chi connectivity index (χ0v) is 13.1. The van der Waals surface area contributed by atoms with Gasteiger partial charge in [-0.25, -0.2) is 0 Å². The van der Waals surface area contributed by atoms with Crippen LogP contribution in [-0.4, -0.2) is 6.36 Å². The van der Waals surface area contributed by atoms with Crippen LogP contribution in [0.5, 0.6) is 5.75 Å². The highest BCUT2D eigenvalue weighted by molar-refractivity contribution is 9.10. The highest BCUT2D eigenvalue weighted by Gasteiger charge is 2.31. The second-order valence-corrected chi connectivity index (χ2v) is 5.66. The Labute approximate surface area is 132 Å². The maximum atomic E-state index is 12.2. The highest BCUT2D eigenvalue weighted by Crippen LogP contribution is 2.32. The molecule has 0 spiro atoms. The molecule has 0 radical (unpaired) electrons. The van der Waals surface area contributed by atoms with Crippen molar-refractivity contribution in [2.24, 2.45) is 5.73 Å². The molecule has 8 heteroatoms. The van der Waals surface area contributed by atoms with Gasteiger partial charge in [0.1, 0.15) is 5.75 Å². The predicted octanol–water partition coefficient (Wildman–Crippen LogP) is 4.88. The lowest BCUT2D eigenvalue weighted by molar-refractivity contribution is -0.274. The lowest BCUT2D eigenvalue weighted by Gasteiger charge is -2.14. The summed E-state index contributed by atoms with van der Waals surface area (Å²) in [6, 6.07) is 7.41. The molecule has 0 aliphatic rings. The number of hydrogen-bond donors (Lipinski definition) is 1. The Bertz CT molecular complexity index is 562. The normalized spacial score (nSPS) is 12.7. The first kappa shape index (κ1) is 17.3. The molecule has 1 heterocycles. The minimum Gasteiger partial charge on any atom is -0.406 e. The van der Waals surface area contributed by atoms with Crippen molar-refractivity contribution in [2.75, 3.05) is 0 Å². The average molecular weight is 389 g/mol. The van der Waals surface area contributed by atoms with Gasteiger partial charge >= 0.3 is 6.36 Å². The summed E-state index contributed by atoms with van der Waals surface area (Å²) in [6.45, 7) is 0. The predicted molar refractivity (Wildman–Crippen MR) is 78.4 cm³/mol. The summed E-state index contributed by atoms with van der Waals surface area (Å²) >= 11 is 4.60. The van der Waals surface area contributed by atoms with Crippen molar-refractivity contribution < 1.29 is 17.9 Å². The van der Waals surface area contributed by atoms with Crippen LogP contribution >= 0.6 is 39.7 Å². The number of halogens is 5. The summed E-state index contributed by atoms with van der Waals surface area (Å²) in [5.41, 5.74) is 6.57. The second kappa shape index (κ2) is 6.80. The molecule has 2 N–H and O–H groups in total. The third kappa shape index (κ3) is 4.66. The fraction of sp³-hybridized carbons (Fsp3) is 0.167. The van der Waals surface area contributed by atoms with Crippen molar-refractivity contribution in [1.82, 2.24) is 0 Å². The molecule has 0 fully saturated rings. The maximum absolute atomic E-state index is 12.2. The second-order valence-electron chi connectivity index (χ2n) is 3.76. The number of thiophene rings is 1. The van der Waals surface area contributed by atoms with E-state index in [9.17, 15) is 13.2 Å². The van der Waals surface area contributed by atoms with E-state index in [4.69, 9.17) is 5.73 Å². The van der Waals surface area contributed by atoms with E-state index >= 15 is 0 Å². The van der Waals surface area contributed by atoms with Crippen LogP contribution in [0.25, 0.3) is 0 Å². The minimum absolute atomic E-state index is 0. The quantitative estimate of drug-likeness (QED) is 0.813. The fourth-order valence-corrected chi connectivity index (χ4v) is 2.83. The Hall–Kier alpha value is -0.760. The van der Waals surface area contributed by atoms with Gasteiger partial charge in [-0.1, -0.05) is 22.0 Å². The van der Waals surface area contributed by atoms with Crippen molar-refractivity contribution >= 4 is 39.7 Å². The average Bonchev–Trinajstić information content (AvgIpc) is 2.77. The lowest BCUT2D eigenvalue weighted by Crippen LogP contribution is -2.18. The van der Waals surface area contributed by atoms with Gasteiger partial charge in [0.05, 0.1) is 6.04 Å². The van der Waals surface area contributed by atoms with E-state index in [1.807, 2.05) is 17.5 Å². The summed E-state index contributed by atoms with van der Waals surface area (Å²) in [7, 11) is 0. The number of alkyl halides is 3. The number of benzene rings is 1. The number of ether oxygens (including phenoxy) is 1. The van der Waals surface area contributed by atoms with Crippen LogP contribution in [0.1, 0.15) is 16.5 Å². The molecule has 0 bridgehead atoms. The van der Waals surface area contributed by atoms with Crippen LogP contribution < -0.4 is 10.5 Å². The molecular weight excluding hydrogens is 379 g/mol. The zero-order chi connectivity index (χ0) is 14.0. The molecule has 1 aromatic carbocycles. The van der Waals surface area contributed by atoms with Crippen molar-refractivity contribution in [1.29, 1.82) is 0 Å². The summed E-state index contributed by atoms with van der Waals surface area (Å²) in [5, 5.41) is 1.86. The van der Waals surface area contributed by atoms with Crippen LogP contribution in [0, 0.1) is 0 Å². The molecule has 0 aliphatic heterocycles. The third-order valence-electron chi connectivity index (χ3n) is 2.34. The van der Waals surface area contributed by atoms with Crippen LogP contribution in [0.3, 0.4) is 0 Å². The van der Waals surface area contributed by atoms with Gasteiger partial charge in [-0.15, -0.1) is 36.9 Å². The summed E-state index contributed by atoms with van der Waals surface area (Å²) in [5.74, 6) is -0.288. The van der Waals surface area contributed by atoms with Crippen LogP contribution in [0.2, 0.25) is 0 Å². The van der Waals surface area contributed by atoms with Crippen molar-refractivity contribution in [2.45, 2.75) is 12.4 Å².